The fourth-order valence-corrected chi connectivity index (χ4v) is 1.70. The van der Waals surface area contributed by atoms with Crippen molar-refractivity contribution >= 4 is 0 Å². The van der Waals surface area contributed by atoms with Crippen molar-refractivity contribution in [2.24, 2.45) is 5.41 Å². The molecule has 0 unspecified atom stereocenters. The molecule has 0 amide bonds. The van der Waals surface area contributed by atoms with Gasteiger partial charge < -0.3 is 4.74 Å². The Kier molecular flexibility index (Phi) is 4.75. The van der Waals surface area contributed by atoms with E-state index in [2.05, 4.69) is 51.6 Å². The maximum absolute atomic E-state index is 5.44. The molecule has 1 nitrogen and oxygen atoms in total. The van der Waals surface area contributed by atoms with Crippen molar-refractivity contribution in [2.45, 2.75) is 33.8 Å². The van der Waals surface area contributed by atoms with Crippen LogP contribution in [0.3, 0.4) is 0 Å². The van der Waals surface area contributed by atoms with Crippen molar-refractivity contribution in [3.63, 3.8) is 0 Å². The Hall–Kier alpha value is -1.08. The van der Waals surface area contributed by atoms with Gasteiger partial charge in [0.2, 0.25) is 0 Å². The van der Waals surface area contributed by atoms with E-state index in [0.29, 0.717) is 18.6 Å². The lowest BCUT2D eigenvalue weighted by molar-refractivity contribution is 0.149. The first-order valence-electron chi connectivity index (χ1n) is 5.78. The highest BCUT2D eigenvalue weighted by Crippen LogP contribution is 2.21. The summed E-state index contributed by atoms with van der Waals surface area (Å²) in [7, 11) is 0. The third-order valence-corrected chi connectivity index (χ3v) is 2.23. The molecule has 0 aromatic heterocycles. The molecule has 0 aliphatic heterocycles. The van der Waals surface area contributed by atoms with Crippen molar-refractivity contribution in [2.75, 3.05) is 6.61 Å². The highest BCUT2D eigenvalue weighted by molar-refractivity contribution is 5.23. The van der Waals surface area contributed by atoms with Crippen LogP contribution in [0, 0.1) is 5.41 Å². The Balaban J connectivity index is 2.60. The molecule has 16 heavy (non-hydrogen) atoms. The third-order valence-electron chi connectivity index (χ3n) is 2.23. The molecule has 0 fully saturated rings. The highest BCUT2D eigenvalue weighted by atomic mass is 16.5. The Morgan fingerprint density at radius 3 is 2.56 bits per heavy atom. The van der Waals surface area contributed by atoms with E-state index in [1.165, 1.54) is 11.1 Å². The van der Waals surface area contributed by atoms with E-state index in [9.17, 15) is 0 Å². The molecule has 0 radical (unpaired) electrons. The van der Waals surface area contributed by atoms with E-state index in [4.69, 9.17) is 4.74 Å². The van der Waals surface area contributed by atoms with E-state index in [0.717, 1.165) is 6.42 Å². The zero-order valence-corrected chi connectivity index (χ0v) is 10.6. The van der Waals surface area contributed by atoms with Crippen LogP contribution in [0.25, 0.3) is 0 Å². The third kappa shape index (κ3) is 5.13. The summed E-state index contributed by atoms with van der Waals surface area (Å²) in [5, 5.41) is 0. The molecule has 1 aromatic carbocycles. The molecule has 0 aliphatic carbocycles. The number of ether oxygens (including phenoxy) is 1. The molecule has 0 bridgehead atoms. The van der Waals surface area contributed by atoms with Crippen LogP contribution in [0.5, 0.6) is 0 Å². The Bertz CT molecular complexity index is 334. The van der Waals surface area contributed by atoms with E-state index in [-0.39, 0.29) is 0 Å². The largest absolute Gasteiger partial charge is 0.373 e. The lowest BCUT2D eigenvalue weighted by Crippen LogP contribution is -2.09. The van der Waals surface area contributed by atoms with Gasteiger partial charge in [0.1, 0.15) is 0 Å². The minimum absolute atomic E-state index is 0.334. The molecule has 0 heterocycles. The van der Waals surface area contributed by atoms with Crippen LogP contribution in [0.15, 0.2) is 36.9 Å². The number of hydrogen-bond acceptors (Lipinski definition) is 1. The van der Waals surface area contributed by atoms with Gasteiger partial charge in [0, 0.05) is 0 Å². The summed E-state index contributed by atoms with van der Waals surface area (Å²) < 4.78 is 5.44. The number of benzene rings is 1. The topological polar surface area (TPSA) is 9.23 Å². The molecule has 0 saturated carbocycles. The van der Waals surface area contributed by atoms with E-state index >= 15 is 0 Å². The molecule has 0 aliphatic rings. The van der Waals surface area contributed by atoms with Crippen molar-refractivity contribution in [3.8, 4) is 0 Å². The van der Waals surface area contributed by atoms with Crippen molar-refractivity contribution in [1.29, 1.82) is 0 Å². The quantitative estimate of drug-likeness (QED) is 0.536. The van der Waals surface area contributed by atoms with Gasteiger partial charge in [0.25, 0.3) is 0 Å². The van der Waals surface area contributed by atoms with Gasteiger partial charge in [-0.15, -0.1) is 6.58 Å². The fraction of sp³-hybridized carbons (Fsp3) is 0.467. The monoisotopic (exact) mass is 218 g/mol. The molecule has 1 aromatic rings. The summed E-state index contributed by atoms with van der Waals surface area (Å²) >= 11 is 0. The standard InChI is InChI=1S/C15H22O/c1-5-9-16-12-14-8-6-7-13(10-14)11-15(2,3)4/h5-8,10H,1,9,11-12H2,2-4H3. The lowest BCUT2D eigenvalue weighted by Gasteiger charge is -2.18. The molecular formula is C15H22O. The second-order valence-electron chi connectivity index (χ2n) is 5.36. The molecule has 1 heteroatoms. The number of hydrogen-bond donors (Lipinski definition) is 0. The van der Waals surface area contributed by atoms with Crippen LogP contribution < -0.4 is 0 Å². The van der Waals surface area contributed by atoms with E-state index in [1.54, 1.807) is 6.08 Å². The van der Waals surface area contributed by atoms with Gasteiger partial charge in [-0.3, -0.25) is 0 Å². The molecule has 88 valence electrons. The molecule has 0 N–H and O–H groups in total. The molecular weight excluding hydrogens is 196 g/mol. The van der Waals surface area contributed by atoms with Crippen LogP contribution in [0.4, 0.5) is 0 Å². The SMILES string of the molecule is C=CCOCc1cccc(CC(C)(C)C)c1. The van der Waals surface area contributed by atoms with Crippen LogP contribution in [0.2, 0.25) is 0 Å². The van der Waals surface area contributed by atoms with Gasteiger partial charge >= 0.3 is 0 Å². The normalized spacial score (nSPS) is 11.4. The Morgan fingerprint density at radius 2 is 1.94 bits per heavy atom. The van der Waals surface area contributed by atoms with Crippen LogP contribution in [-0.2, 0) is 17.8 Å². The molecule has 0 saturated heterocycles. The van der Waals surface area contributed by atoms with Gasteiger partial charge in [-0.25, -0.2) is 0 Å². The second-order valence-corrected chi connectivity index (χ2v) is 5.36. The minimum Gasteiger partial charge on any atom is -0.373 e. The molecule has 0 atom stereocenters. The highest BCUT2D eigenvalue weighted by Gasteiger charge is 2.11. The maximum atomic E-state index is 5.44. The van der Waals surface area contributed by atoms with Crippen LogP contribution >= 0.6 is 0 Å². The smallest absolute Gasteiger partial charge is 0.0721 e. The van der Waals surface area contributed by atoms with E-state index in [1.807, 2.05) is 0 Å². The maximum Gasteiger partial charge on any atom is 0.0721 e. The minimum atomic E-state index is 0.334. The summed E-state index contributed by atoms with van der Waals surface area (Å²) in [6.07, 6.45) is 2.88. The Labute approximate surface area is 99.1 Å². The zero-order valence-electron chi connectivity index (χ0n) is 10.6. The average Bonchev–Trinajstić information content (AvgIpc) is 2.16. The summed E-state index contributed by atoms with van der Waals surface area (Å²) in [6.45, 7) is 11.7. The Morgan fingerprint density at radius 1 is 1.25 bits per heavy atom. The van der Waals surface area contributed by atoms with Gasteiger partial charge in [0.05, 0.1) is 13.2 Å². The first-order chi connectivity index (χ1) is 7.51. The van der Waals surface area contributed by atoms with E-state index < -0.39 is 0 Å². The summed E-state index contributed by atoms with van der Waals surface area (Å²) in [6, 6.07) is 8.62. The first kappa shape index (κ1) is 13.0. The van der Waals surface area contributed by atoms with Crippen molar-refractivity contribution < 1.29 is 4.74 Å². The first-order valence-corrected chi connectivity index (χ1v) is 5.78. The van der Waals surface area contributed by atoms with Crippen molar-refractivity contribution in [1.82, 2.24) is 0 Å². The lowest BCUT2D eigenvalue weighted by atomic mass is 9.88. The second kappa shape index (κ2) is 5.86. The summed E-state index contributed by atoms with van der Waals surface area (Å²) in [5.74, 6) is 0. The fourth-order valence-electron chi connectivity index (χ4n) is 1.70. The van der Waals surface area contributed by atoms with Gasteiger partial charge in [-0.2, -0.15) is 0 Å². The van der Waals surface area contributed by atoms with Gasteiger partial charge in [-0.05, 0) is 23.0 Å². The van der Waals surface area contributed by atoms with Crippen LogP contribution in [-0.4, -0.2) is 6.61 Å². The van der Waals surface area contributed by atoms with Crippen LogP contribution in [0.1, 0.15) is 31.9 Å². The summed E-state index contributed by atoms with van der Waals surface area (Å²) in [4.78, 5) is 0. The predicted octanol–water partition coefficient (Wildman–Crippen LogP) is 3.98. The average molecular weight is 218 g/mol. The van der Waals surface area contributed by atoms with Gasteiger partial charge in [-0.1, -0.05) is 51.1 Å². The summed E-state index contributed by atoms with van der Waals surface area (Å²) in [5.41, 5.74) is 2.96. The number of rotatable bonds is 5. The predicted molar refractivity (Wildman–Crippen MR) is 69.5 cm³/mol. The zero-order chi connectivity index (χ0) is 12.0. The molecule has 0 spiro atoms. The molecule has 1 rings (SSSR count). The van der Waals surface area contributed by atoms with Crippen molar-refractivity contribution in [3.05, 3.63) is 48.0 Å². The van der Waals surface area contributed by atoms with Gasteiger partial charge in [0.15, 0.2) is 0 Å².